The second-order valence-corrected chi connectivity index (χ2v) is 4.50. The Hall–Kier alpha value is -0.540. The molecule has 1 aliphatic heterocycles. The third kappa shape index (κ3) is 1.55. The summed E-state index contributed by atoms with van der Waals surface area (Å²) in [5.74, 6) is 1.47. The van der Waals surface area contributed by atoms with Crippen molar-refractivity contribution in [2.24, 2.45) is 0 Å². The highest BCUT2D eigenvalue weighted by Crippen LogP contribution is 2.40. The van der Waals surface area contributed by atoms with Crippen molar-refractivity contribution in [3.8, 4) is 5.75 Å². The number of fused-ring (bicyclic) bond motifs is 1. The molecule has 0 saturated heterocycles. The standard InChI is InChI=1S/C11H14BrNO/c1-7(13-2)8-6-14-10-5-3-4-9(12)11(8)10/h3-5,7-8,13H,6H2,1-2H3. The van der Waals surface area contributed by atoms with E-state index in [2.05, 4.69) is 34.2 Å². The van der Waals surface area contributed by atoms with E-state index in [0.717, 1.165) is 16.8 Å². The largest absolute Gasteiger partial charge is 0.493 e. The van der Waals surface area contributed by atoms with Crippen molar-refractivity contribution in [1.29, 1.82) is 0 Å². The van der Waals surface area contributed by atoms with Gasteiger partial charge in [-0.25, -0.2) is 0 Å². The van der Waals surface area contributed by atoms with Crippen LogP contribution in [0.15, 0.2) is 22.7 Å². The summed E-state index contributed by atoms with van der Waals surface area (Å²) < 4.78 is 6.80. The summed E-state index contributed by atoms with van der Waals surface area (Å²) in [6.45, 7) is 2.96. The van der Waals surface area contributed by atoms with Gasteiger partial charge >= 0.3 is 0 Å². The molecule has 1 heterocycles. The lowest BCUT2D eigenvalue weighted by Gasteiger charge is -2.17. The zero-order valence-corrected chi connectivity index (χ0v) is 9.97. The van der Waals surface area contributed by atoms with Gasteiger partial charge in [-0.2, -0.15) is 0 Å². The van der Waals surface area contributed by atoms with Gasteiger partial charge in [0.05, 0.1) is 6.61 Å². The van der Waals surface area contributed by atoms with Gasteiger partial charge < -0.3 is 10.1 Å². The second kappa shape index (κ2) is 3.91. The smallest absolute Gasteiger partial charge is 0.124 e. The molecule has 0 spiro atoms. The topological polar surface area (TPSA) is 21.3 Å². The molecule has 0 aromatic heterocycles. The maximum absolute atomic E-state index is 5.64. The van der Waals surface area contributed by atoms with Gasteiger partial charge in [0.2, 0.25) is 0 Å². The van der Waals surface area contributed by atoms with Crippen molar-refractivity contribution >= 4 is 15.9 Å². The first-order chi connectivity index (χ1) is 6.74. The number of halogens is 1. The van der Waals surface area contributed by atoms with E-state index in [0.29, 0.717) is 12.0 Å². The predicted octanol–water partition coefficient (Wildman–Crippen LogP) is 2.53. The SMILES string of the molecule is CNC(C)C1COc2cccc(Br)c21. The average Bonchev–Trinajstić information content (AvgIpc) is 2.62. The van der Waals surface area contributed by atoms with Crippen LogP contribution < -0.4 is 10.1 Å². The van der Waals surface area contributed by atoms with Crippen molar-refractivity contribution < 1.29 is 4.74 Å². The van der Waals surface area contributed by atoms with E-state index in [1.807, 2.05) is 19.2 Å². The summed E-state index contributed by atoms with van der Waals surface area (Å²) >= 11 is 3.58. The first-order valence-corrected chi connectivity index (χ1v) is 5.62. The Kier molecular flexibility index (Phi) is 2.79. The number of hydrogen-bond acceptors (Lipinski definition) is 2. The molecule has 0 amide bonds. The molecule has 2 unspecified atom stereocenters. The van der Waals surface area contributed by atoms with Gasteiger partial charge in [0, 0.05) is 22.0 Å². The van der Waals surface area contributed by atoms with Crippen LogP contribution in [0, 0.1) is 0 Å². The van der Waals surface area contributed by atoms with Crippen LogP contribution in [0.3, 0.4) is 0 Å². The van der Waals surface area contributed by atoms with Crippen LogP contribution in [-0.2, 0) is 0 Å². The molecule has 0 saturated carbocycles. The predicted molar refractivity (Wildman–Crippen MR) is 60.9 cm³/mol. The van der Waals surface area contributed by atoms with Crippen LogP contribution in [0.2, 0.25) is 0 Å². The Morgan fingerprint density at radius 1 is 1.57 bits per heavy atom. The Morgan fingerprint density at radius 2 is 2.36 bits per heavy atom. The maximum Gasteiger partial charge on any atom is 0.124 e. The Balaban J connectivity index is 2.38. The molecule has 76 valence electrons. The number of ether oxygens (including phenoxy) is 1. The molecule has 0 radical (unpaired) electrons. The van der Waals surface area contributed by atoms with Gasteiger partial charge in [0.1, 0.15) is 5.75 Å². The minimum atomic E-state index is 0.440. The van der Waals surface area contributed by atoms with Crippen molar-refractivity contribution in [2.45, 2.75) is 18.9 Å². The molecule has 1 N–H and O–H groups in total. The van der Waals surface area contributed by atoms with Gasteiger partial charge in [0.15, 0.2) is 0 Å². The van der Waals surface area contributed by atoms with Crippen LogP contribution in [0.25, 0.3) is 0 Å². The second-order valence-electron chi connectivity index (χ2n) is 3.65. The molecule has 14 heavy (non-hydrogen) atoms. The first-order valence-electron chi connectivity index (χ1n) is 4.82. The van der Waals surface area contributed by atoms with Gasteiger partial charge in [-0.1, -0.05) is 22.0 Å². The third-order valence-corrected chi connectivity index (χ3v) is 3.55. The molecule has 0 aliphatic carbocycles. The fourth-order valence-electron chi connectivity index (χ4n) is 1.86. The van der Waals surface area contributed by atoms with Crippen LogP contribution in [0.4, 0.5) is 0 Å². The van der Waals surface area contributed by atoms with E-state index >= 15 is 0 Å². The van der Waals surface area contributed by atoms with Crippen molar-refractivity contribution in [2.75, 3.05) is 13.7 Å². The molecule has 1 aromatic rings. The van der Waals surface area contributed by atoms with Gasteiger partial charge in [-0.05, 0) is 26.1 Å². The highest BCUT2D eigenvalue weighted by atomic mass is 79.9. The lowest BCUT2D eigenvalue weighted by Crippen LogP contribution is -2.29. The molecule has 1 aliphatic rings. The van der Waals surface area contributed by atoms with Gasteiger partial charge in [-0.3, -0.25) is 0 Å². The van der Waals surface area contributed by atoms with E-state index < -0.39 is 0 Å². The Morgan fingerprint density at radius 3 is 3.07 bits per heavy atom. The summed E-state index contributed by atoms with van der Waals surface area (Å²) in [7, 11) is 1.99. The Bertz CT molecular complexity index is 340. The average molecular weight is 256 g/mol. The van der Waals surface area contributed by atoms with Crippen molar-refractivity contribution in [3.05, 3.63) is 28.2 Å². The molecule has 2 rings (SSSR count). The van der Waals surface area contributed by atoms with E-state index in [1.165, 1.54) is 5.56 Å². The lowest BCUT2D eigenvalue weighted by molar-refractivity contribution is 0.308. The highest BCUT2D eigenvalue weighted by molar-refractivity contribution is 9.10. The number of rotatable bonds is 2. The number of nitrogens with one attached hydrogen (secondary N) is 1. The lowest BCUT2D eigenvalue weighted by atomic mass is 9.95. The van der Waals surface area contributed by atoms with E-state index in [1.54, 1.807) is 0 Å². The molecular formula is C11H14BrNO. The van der Waals surface area contributed by atoms with Crippen LogP contribution in [0.1, 0.15) is 18.4 Å². The fourth-order valence-corrected chi connectivity index (χ4v) is 2.50. The highest BCUT2D eigenvalue weighted by Gasteiger charge is 2.29. The first kappa shape index (κ1) is 9.99. The number of likely N-dealkylation sites (N-methyl/N-ethyl adjacent to an activating group) is 1. The summed E-state index contributed by atoms with van der Waals surface area (Å²) in [5, 5.41) is 3.27. The molecule has 0 fully saturated rings. The quantitative estimate of drug-likeness (QED) is 0.877. The minimum Gasteiger partial charge on any atom is -0.493 e. The molecule has 2 nitrogen and oxygen atoms in total. The monoisotopic (exact) mass is 255 g/mol. The van der Waals surface area contributed by atoms with Gasteiger partial charge in [0.25, 0.3) is 0 Å². The van der Waals surface area contributed by atoms with Crippen molar-refractivity contribution in [3.63, 3.8) is 0 Å². The summed E-state index contributed by atoms with van der Waals surface area (Å²) in [6, 6.07) is 6.55. The summed E-state index contributed by atoms with van der Waals surface area (Å²) in [6.07, 6.45) is 0. The summed E-state index contributed by atoms with van der Waals surface area (Å²) in [4.78, 5) is 0. The Labute approximate surface area is 92.8 Å². The maximum atomic E-state index is 5.64. The molecule has 1 aromatic carbocycles. The van der Waals surface area contributed by atoms with E-state index in [4.69, 9.17) is 4.74 Å². The van der Waals surface area contributed by atoms with E-state index in [9.17, 15) is 0 Å². The van der Waals surface area contributed by atoms with Crippen LogP contribution in [0.5, 0.6) is 5.75 Å². The minimum absolute atomic E-state index is 0.440. The zero-order valence-electron chi connectivity index (χ0n) is 8.38. The van der Waals surface area contributed by atoms with Crippen LogP contribution >= 0.6 is 15.9 Å². The van der Waals surface area contributed by atoms with Crippen LogP contribution in [-0.4, -0.2) is 19.7 Å². The molecule has 0 bridgehead atoms. The molecular weight excluding hydrogens is 242 g/mol. The molecule has 3 heteroatoms. The fraction of sp³-hybridized carbons (Fsp3) is 0.455. The molecule has 2 atom stereocenters. The van der Waals surface area contributed by atoms with Gasteiger partial charge in [-0.15, -0.1) is 0 Å². The third-order valence-electron chi connectivity index (χ3n) is 2.86. The van der Waals surface area contributed by atoms with Crippen molar-refractivity contribution in [1.82, 2.24) is 5.32 Å². The number of hydrogen-bond donors (Lipinski definition) is 1. The summed E-state index contributed by atoms with van der Waals surface area (Å²) in [5.41, 5.74) is 1.30. The zero-order chi connectivity index (χ0) is 10.1. The number of benzene rings is 1. The normalized spacial score (nSPS) is 21.5. The van der Waals surface area contributed by atoms with E-state index in [-0.39, 0.29) is 0 Å².